The van der Waals surface area contributed by atoms with Crippen molar-refractivity contribution in [3.63, 3.8) is 0 Å². The summed E-state index contributed by atoms with van der Waals surface area (Å²) >= 11 is 5.71. The fourth-order valence-corrected chi connectivity index (χ4v) is 1.03. The molecule has 0 saturated heterocycles. The van der Waals surface area contributed by atoms with Gasteiger partial charge in [0.15, 0.2) is 0 Å². The van der Waals surface area contributed by atoms with Crippen molar-refractivity contribution in [3.8, 4) is 6.07 Å². The summed E-state index contributed by atoms with van der Waals surface area (Å²) in [5.74, 6) is 0. The highest BCUT2D eigenvalue weighted by molar-refractivity contribution is 6.30. The SMILES string of the molecule is C/C(C#N)=C(/N)c1ccc(Cl)cc1. The number of benzene rings is 1. The monoisotopic (exact) mass is 192 g/mol. The fourth-order valence-electron chi connectivity index (χ4n) is 0.906. The van der Waals surface area contributed by atoms with Gasteiger partial charge in [-0.15, -0.1) is 0 Å². The third-order valence-corrected chi connectivity index (χ3v) is 1.98. The summed E-state index contributed by atoms with van der Waals surface area (Å²) in [4.78, 5) is 0. The van der Waals surface area contributed by atoms with Crippen LogP contribution in [-0.4, -0.2) is 0 Å². The number of allylic oxidation sites excluding steroid dienone is 1. The quantitative estimate of drug-likeness (QED) is 0.696. The first-order chi connectivity index (χ1) is 6.15. The van der Waals surface area contributed by atoms with Crippen molar-refractivity contribution in [2.45, 2.75) is 6.92 Å². The van der Waals surface area contributed by atoms with E-state index in [1.165, 1.54) is 0 Å². The van der Waals surface area contributed by atoms with E-state index < -0.39 is 0 Å². The van der Waals surface area contributed by atoms with Crippen LogP contribution in [0.2, 0.25) is 5.02 Å². The molecule has 2 nitrogen and oxygen atoms in total. The normalized spacial score (nSPS) is 11.8. The molecule has 2 N–H and O–H groups in total. The Morgan fingerprint density at radius 3 is 2.38 bits per heavy atom. The summed E-state index contributed by atoms with van der Waals surface area (Å²) in [5.41, 5.74) is 7.55. The second-order valence-electron chi connectivity index (χ2n) is 2.66. The van der Waals surface area contributed by atoms with Crippen molar-refractivity contribution < 1.29 is 0 Å². The Morgan fingerprint density at radius 2 is 1.92 bits per heavy atom. The molecule has 0 unspecified atom stereocenters. The van der Waals surface area contributed by atoms with E-state index in [0.717, 1.165) is 5.56 Å². The number of hydrogen-bond acceptors (Lipinski definition) is 2. The maximum absolute atomic E-state index is 8.61. The van der Waals surface area contributed by atoms with Gasteiger partial charge in [0.2, 0.25) is 0 Å². The minimum absolute atomic E-state index is 0.499. The molecule has 13 heavy (non-hydrogen) atoms. The molecular formula is C10H9ClN2. The van der Waals surface area contributed by atoms with Gasteiger partial charge in [0.25, 0.3) is 0 Å². The molecule has 1 rings (SSSR count). The molecule has 66 valence electrons. The molecule has 0 amide bonds. The third-order valence-electron chi connectivity index (χ3n) is 1.73. The molecule has 3 heteroatoms. The Morgan fingerprint density at radius 1 is 1.38 bits per heavy atom. The lowest BCUT2D eigenvalue weighted by atomic mass is 10.1. The molecule has 0 aliphatic rings. The topological polar surface area (TPSA) is 49.8 Å². The van der Waals surface area contributed by atoms with Crippen molar-refractivity contribution in [1.82, 2.24) is 0 Å². The Hall–Kier alpha value is -1.46. The zero-order valence-electron chi connectivity index (χ0n) is 7.21. The van der Waals surface area contributed by atoms with Crippen molar-refractivity contribution >= 4 is 17.3 Å². The maximum atomic E-state index is 8.61. The van der Waals surface area contributed by atoms with Crippen molar-refractivity contribution in [2.24, 2.45) is 5.73 Å². The number of nitrogens with two attached hydrogens (primary N) is 1. The van der Waals surface area contributed by atoms with Crippen molar-refractivity contribution in [2.75, 3.05) is 0 Å². The molecule has 1 aromatic rings. The van der Waals surface area contributed by atoms with E-state index in [4.69, 9.17) is 22.6 Å². The smallest absolute Gasteiger partial charge is 0.0965 e. The average molecular weight is 193 g/mol. The molecule has 0 aliphatic carbocycles. The highest BCUT2D eigenvalue weighted by atomic mass is 35.5. The van der Waals surface area contributed by atoms with Gasteiger partial charge in [0, 0.05) is 10.6 Å². The Bertz CT molecular complexity index is 371. The Labute approximate surface area is 82.2 Å². The predicted octanol–water partition coefficient (Wildman–Crippen LogP) is 2.55. The molecule has 0 aliphatic heterocycles. The van der Waals surface area contributed by atoms with Gasteiger partial charge in [-0.3, -0.25) is 0 Å². The molecule has 0 atom stereocenters. The van der Waals surface area contributed by atoms with Crippen LogP contribution in [-0.2, 0) is 0 Å². The third kappa shape index (κ3) is 2.24. The Kier molecular flexibility index (Phi) is 2.94. The first kappa shape index (κ1) is 9.63. The number of hydrogen-bond donors (Lipinski definition) is 1. The first-order valence-corrected chi connectivity index (χ1v) is 4.15. The molecule has 1 aromatic carbocycles. The lowest BCUT2D eigenvalue weighted by Crippen LogP contribution is -1.98. The van der Waals surface area contributed by atoms with Gasteiger partial charge in [0.05, 0.1) is 11.8 Å². The van der Waals surface area contributed by atoms with E-state index in [2.05, 4.69) is 0 Å². The Balaban J connectivity index is 3.12. The largest absolute Gasteiger partial charge is 0.397 e. The van der Waals surface area contributed by atoms with Crippen LogP contribution < -0.4 is 5.73 Å². The van der Waals surface area contributed by atoms with E-state index in [1.807, 2.05) is 6.07 Å². The first-order valence-electron chi connectivity index (χ1n) is 3.77. The second kappa shape index (κ2) is 3.97. The van der Waals surface area contributed by atoms with Gasteiger partial charge >= 0.3 is 0 Å². The van der Waals surface area contributed by atoms with Gasteiger partial charge in [0.1, 0.15) is 0 Å². The fraction of sp³-hybridized carbons (Fsp3) is 0.100. The number of halogens is 1. The van der Waals surface area contributed by atoms with E-state index in [-0.39, 0.29) is 0 Å². The molecule has 0 fully saturated rings. The summed E-state index contributed by atoms with van der Waals surface area (Å²) < 4.78 is 0. The second-order valence-corrected chi connectivity index (χ2v) is 3.09. The molecule has 0 heterocycles. The maximum Gasteiger partial charge on any atom is 0.0965 e. The van der Waals surface area contributed by atoms with Gasteiger partial charge in [-0.2, -0.15) is 5.26 Å². The zero-order chi connectivity index (χ0) is 9.84. The molecular weight excluding hydrogens is 184 g/mol. The highest BCUT2D eigenvalue weighted by Gasteiger charge is 1.99. The molecule has 0 spiro atoms. The van der Waals surface area contributed by atoms with Crippen LogP contribution >= 0.6 is 11.6 Å². The summed E-state index contributed by atoms with van der Waals surface area (Å²) in [7, 11) is 0. The zero-order valence-corrected chi connectivity index (χ0v) is 7.97. The van der Waals surface area contributed by atoms with Gasteiger partial charge < -0.3 is 5.73 Å². The van der Waals surface area contributed by atoms with Crippen LogP contribution in [0.1, 0.15) is 12.5 Å². The highest BCUT2D eigenvalue weighted by Crippen LogP contribution is 2.16. The number of nitrogens with zero attached hydrogens (tertiary/aromatic N) is 1. The lowest BCUT2D eigenvalue weighted by molar-refractivity contribution is 1.39. The molecule has 0 radical (unpaired) electrons. The summed E-state index contributed by atoms with van der Waals surface area (Å²) in [6.07, 6.45) is 0. The van der Waals surface area contributed by atoms with E-state index in [9.17, 15) is 0 Å². The summed E-state index contributed by atoms with van der Waals surface area (Å²) in [5, 5.41) is 9.27. The van der Waals surface area contributed by atoms with E-state index >= 15 is 0 Å². The van der Waals surface area contributed by atoms with Gasteiger partial charge in [-0.1, -0.05) is 23.7 Å². The van der Waals surface area contributed by atoms with Crippen LogP contribution in [0, 0.1) is 11.3 Å². The van der Waals surface area contributed by atoms with Crippen LogP contribution in [0.3, 0.4) is 0 Å². The van der Waals surface area contributed by atoms with Crippen molar-refractivity contribution in [1.29, 1.82) is 5.26 Å². The van der Waals surface area contributed by atoms with Gasteiger partial charge in [-0.25, -0.2) is 0 Å². The number of rotatable bonds is 1. The van der Waals surface area contributed by atoms with Crippen LogP contribution in [0.15, 0.2) is 29.8 Å². The van der Waals surface area contributed by atoms with Crippen LogP contribution in [0.4, 0.5) is 0 Å². The minimum atomic E-state index is 0.499. The van der Waals surface area contributed by atoms with Crippen LogP contribution in [0.5, 0.6) is 0 Å². The van der Waals surface area contributed by atoms with Crippen LogP contribution in [0.25, 0.3) is 5.70 Å². The van der Waals surface area contributed by atoms with E-state index in [1.54, 1.807) is 31.2 Å². The summed E-state index contributed by atoms with van der Waals surface area (Å²) in [6.45, 7) is 1.68. The lowest BCUT2D eigenvalue weighted by Gasteiger charge is -2.01. The average Bonchev–Trinajstić information content (AvgIpc) is 2.17. The molecule has 0 bridgehead atoms. The van der Waals surface area contributed by atoms with Gasteiger partial charge in [-0.05, 0) is 24.6 Å². The van der Waals surface area contributed by atoms with E-state index in [0.29, 0.717) is 16.3 Å². The predicted molar refractivity (Wildman–Crippen MR) is 53.8 cm³/mol. The van der Waals surface area contributed by atoms with Crippen molar-refractivity contribution in [3.05, 3.63) is 40.4 Å². The molecule has 0 saturated carbocycles. The minimum Gasteiger partial charge on any atom is -0.397 e. The number of nitriles is 1. The standard InChI is InChI=1S/C10H9ClN2/c1-7(6-12)10(13)8-2-4-9(11)5-3-8/h2-5H,13H2,1H3/b10-7-. The molecule has 0 aromatic heterocycles. The summed E-state index contributed by atoms with van der Waals surface area (Å²) in [6, 6.07) is 9.07.